The quantitative estimate of drug-likeness (QED) is 0.662. The SMILES string of the molecule is CCC(CC)(CN)C1=CCCCC1. The molecule has 76 valence electrons. The van der Waals surface area contributed by atoms with Gasteiger partial charge in [0.1, 0.15) is 0 Å². The maximum absolute atomic E-state index is 5.92. The van der Waals surface area contributed by atoms with Crippen LogP contribution in [0.4, 0.5) is 0 Å². The molecule has 1 heteroatoms. The Morgan fingerprint density at radius 3 is 2.38 bits per heavy atom. The second-order valence-electron chi connectivity index (χ2n) is 4.17. The number of hydrogen-bond donors (Lipinski definition) is 1. The van der Waals surface area contributed by atoms with Gasteiger partial charge in [0.15, 0.2) is 0 Å². The van der Waals surface area contributed by atoms with Crippen LogP contribution in [0.3, 0.4) is 0 Å². The first-order valence-corrected chi connectivity index (χ1v) is 5.68. The van der Waals surface area contributed by atoms with Crippen LogP contribution in [0.25, 0.3) is 0 Å². The third-order valence-corrected chi connectivity index (χ3v) is 3.72. The summed E-state index contributed by atoms with van der Waals surface area (Å²) in [7, 11) is 0. The third-order valence-electron chi connectivity index (χ3n) is 3.72. The molecule has 0 fully saturated rings. The zero-order chi connectivity index (χ0) is 9.73. The van der Waals surface area contributed by atoms with Crippen LogP contribution in [0.2, 0.25) is 0 Å². The largest absolute Gasteiger partial charge is 0.330 e. The maximum atomic E-state index is 5.92. The van der Waals surface area contributed by atoms with Crippen molar-refractivity contribution in [1.29, 1.82) is 0 Å². The van der Waals surface area contributed by atoms with Gasteiger partial charge in [-0.3, -0.25) is 0 Å². The Bertz CT molecular complexity index is 169. The topological polar surface area (TPSA) is 26.0 Å². The van der Waals surface area contributed by atoms with Crippen molar-refractivity contribution in [2.75, 3.05) is 6.54 Å². The Balaban J connectivity index is 2.78. The molecule has 0 heterocycles. The summed E-state index contributed by atoms with van der Waals surface area (Å²) >= 11 is 0. The van der Waals surface area contributed by atoms with E-state index in [9.17, 15) is 0 Å². The molecule has 0 bridgehead atoms. The molecule has 0 aromatic heterocycles. The molecule has 1 aliphatic carbocycles. The average Bonchev–Trinajstić information content (AvgIpc) is 2.23. The molecule has 13 heavy (non-hydrogen) atoms. The number of allylic oxidation sites excluding steroid dienone is 1. The Morgan fingerprint density at radius 1 is 1.31 bits per heavy atom. The molecule has 0 radical (unpaired) electrons. The van der Waals surface area contributed by atoms with Gasteiger partial charge in [0.2, 0.25) is 0 Å². The summed E-state index contributed by atoms with van der Waals surface area (Å²) < 4.78 is 0. The van der Waals surface area contributed by atoms with Crippen molar-refractivity contribution in [3.8, 4) is 0 Å². The Hall–Kier alpha value is -0.300. The van der Waals surface area contributed by atoms with Crippen LogP contribution >= 0.6 is 0 Å². The summed E-state index contributed by atoms with van der Waals surface area (Å²) in [5, 5.41) is 0. The third kappa shape index (κ3) is 2.14. The normalized spacial score (nSPS) is 18.5. The molecular formula is C12H23N. The Labute approximate surface area is 82.4 Å². The molecule has 0 atom stereocenters. The van der Waals surface area contributed by atoms with Crippen LogP contribution in [0.5, 0.6) is 0 Å². The van der Waals surface area contributed by atoms with Crippen molar-refractivity contribution in [2.45, 2.75) is 52.4 Å². The molecule has 0 aliphatic heterocycles. The van der Waals surface area contributed by atoms with Crippen LogP contribution in [-0.2, 0) is 0 Å². The first kappa shape index (κ1) is 10.8. The minimum absolute atomic E-state index is 0.334. The fourth-order valence-corrected chi connectivity index (χ4v) is 2.44. The van der Waals surface area contributed by atoms with E-state index in [-0.39, 0.29) is 0 Å². The summed E-state index contributed by atoms with van der Waals surface area (Å²) in [6, 6.07) is 0. The van der Waals surface area contributed by atoms with E-state index in [1.54, 1.807) is 5.57 Å². The minimum atomic E-state index is 0.334. The van der Waals surface area contributed by atoms with E-state index in [0.717, 1.165) is 6.54 Å². The summed E-state index contributed by atoms with van der Waals surface area (Å²) in [5.74, 6) is 0. The molecule has 0 saturated heterocycles. The van der Waals surface area contributed by atoms with E-state index in [1.165, 1.54) is 38.5 Å². The van der Waals surface area contributed by atoms with Gasteiger partial charge in [0, 0.05) is 12.0 Å². The van der Waals surface area contributed by atoms with Crippen molar-refractivity contribution < 1.29 is 0 Å². The molecule has 0 saturated carbocycles. The van der Waals surface area contributed by atoms with E-state index < -0.39 is 0 Å². The first-order chi connectivity index (χ1) is 6.29. The average molecular weight is 181 g/mol. The molecule has 0 spiro atoms. The molecule has 0 amide bonds. The van der Waals surface area contributed by atoms with Crippen LogP contribution in [0.15, 0.2) is 11.6 Å². The smallest absolute Gasteiger partial charge is 0.00292 e. The van der Waals surface area contributed by atoms with Crippen molar-refractivity contribution in [3.63, 3.8) is 0 Å². The predicted molar refractivity (Wildman–Crippen MR) is 58.6 cm³/mol. The zero-order valence-corrected chi connectivity index (χ0v) is 9.10. The highest BCUT2D eigenvalue weighted by atomic mass is 14.6. The van der Waals surface area contributed by atoms with Crippen molar-refractivity contribution in [3.05, 3.63) is 11.6 Å². The van der Waals surface area contributed by atoms with Gasteiger partial charge >= 0.3 is 0 Å². The fourth-order valence-electron chi connectivity index (χ4n) is 2.44. The lowest BCUT2D eigenvalue weighted by molar-refractivity contribution is 0.320. The molecule has 1 nitrogen and oxygen atoms in total. The van der Waals surface area contributed by atoms with Gasteiger partial charge in [-0.15, -0.1) is 0 Å². The van der Waals surface area contributed by atoms with Gasteiger partial charge in [0.05, 0.1) is 0 Å². The van der Waals surface area contributed by atoms with Crippen LogP contribution in [-0.4, -0.2) is 6.54 Å². The van der Waals surface area contributed by atoms with E-state index in [1.807, 2.05) is 0 Å². The van der Waals surface area contributed by atoms with Crippen molar-refractivity contribution in [2.24, 2.45) is 11.1 Å². The zero-order valence-electron chi connectivity index (χ0n) is 9.10. The summed E-state index contributed by atoms with van der Waals surface area (Å²) in [6.45, 7) is 5.36. The molecular weight excluding hydrogens is 158 g/mol. The highest BCUT2D eigenvalue weighted by Gasteiger charge is 2.29. The summed E-state index contributed by atoms with van der Waals surface area (Å²) in [5.41, 5.74) is 7.90. The maximum Gasteiger partial charge on any atom is 0.00292 e. The van der Waals surface area contributed by atoms with E-state index >= 15 is 0 Å². The van der Waals surface area contributed by atoms with Crippen LogP contribution < -0.4 is 5.73 Å². The van der Waals surface area contributed by atoms with Gasteiger partial charge in [-0.05, 0) is 38.5 Å². The standard InChI is InChI=1S/C12H23N/c1-3-12(4-2,10-13)11-8-6-5-7-9-11/h8H,3-7,9-10,13H2,1-2H3. The molecule has 1 aliphatic rings. The monoisotopic (exact) mass is 181 g/mol. The second-order valence-corrected chi connectivity index (χ2v) is 4.17. The van der Waals surface area contributed by atoms with Gasteiger partial charge in [0.25, 0.3) is 0 Å². The molecule has 0 aromatic carbocycles. The second kappa shape index (κ2) is 4.80. The number of hydrogen-bond acceptors (Lipinski definition) is 1. The summed E-state index contributed by atoms with van der Waals surface area (Å²) in [6.07, 6.45) is 10.2. The van der Waals surface area contributed by atoms with E-state index in [2.05, 4.69) is 19.9 Å². The summed E-state index contributed by atoms with van der Waals surface area (Å²) in [4.78, 5) is 0. The van der Waals surface area contributed by atoms with Gasteiger partial charge < -0.3 is 5.73 Å². The predicted octanol–water partition coefficient (Wildman–Crippen LogP) is 3.25. The fraction of sp³-hybridized carbons (Fsp3) is 0.833. The molecule has 2 N–H and O–H groups in total. The van der Waals surface area contributed by atoms with Crippen molar-refractivity contribution >= 4 is 0 Å². The molecule has 1 rings (SSSR count). The Morgan fingerprint density at radius 2 is 2.00 bits per heavy atom. The highest BCUT2D eigenvalue weighted by Crippen LogP contribution is 2.39. The van der Waals surface area contributed by atoms with Crippen molar-refractivity contribution in [1.82, 2.24) is 0 Å². The lowest BCUT2D eigenvalue weighted by Gasteiger charge is -2.35. The highest BCUT2D eigenvalue weighted by molar-refractivity contribution is 5.17. The first-order valence-electron chi connectivity index (χ1n) is 5.68. The van der Waals surface area contributed by atoms with E-state index in [4.69, 9.17) is 5.73 Å². The lowest BCUT2D eigenvalue weighted by Crippen LogP contribution is -2.32. The lowest BCUT2D eigenvalue weighted by atomic mass is 9.72. The minimum Gasteiger partial charge on any atom is -0.330 e. The van der Waals surface area contributed by atoms with Crippen LogP contribution in [0.1, 0.15) is 52.4 Å². The van der Waals surface area contributed by atoms with Gasteiger partial charge in [-0.1, -0.05) is 25.5 Å². The number of nitrogens with two attached hydrogens (primary N) is 1. The molecule has 0 unspecified atom stereocenters. The Kier molecular flexibility index (Phi) is 3.98. The van der Waals surface area contributed by atoms with Crippen LogP contribution in [0, 0.1) is 5.41 Å². The van der Waals surface area contributed by atoms with Gasteiger partial charge in [-0.2, -0.15) is 0 Å². The van der Waals surface area contributed by atoms with Gasteiger partial charge in [-0.25, -0.2) is 0 Å². The molecule has 0 aromatic rings. The van der Waals surface area contributed by atoms with E-state index in [0.29, 0.717) is 5.41 Å². The number of rotatable bonds is 4.